The molecule has 0 spiro atoms. The van der Waals surface area contributed by atoms with Crippen LogP contribution in [0.1, 0.15) is 32.5 Å². The summed E-state index contributed by atoms with van der Waals surface area (Å²) in [7, 11) is 0. The molecule has 2 aromatic heterocycles. The molecule has 9 nitrogen and oxygen atoms in total. The van der Waals surface area contributed by atoms with Crippen LogP contribution in [0.3, 0.4) is 0 Å². The zero-order chi connectivity index (χ0) is 22.2. The number of rotatable bonds is 5. The van der Waals surface area contributed by atoms with Crippen molar-refractivity contribution < 1.29 is 14.2 Å². The normalized spacial score (nSPS) is 18.4. The minimum absolute atomic E-state index is 0.183. The molecule has 32 heavy (non-hydrogen) atoms. The summed E-state index contributed by atoms with van der Waals surface area (Å²) < 4.78 is 18.3. The first kappa shape index (κ1) is 20.7. The van der Waals surface area contributed by atoms with Crippen LogP contribution in [0.4, 0.5) is 0 Å². The fourth-order valence-corrected chi connectivity index (χ4v) is 4.38. The maximum absolute atomic E-state index is 13.3. The summed E-state index contributed by atoms with van der Waals surface area (Å²) in [6.07, 6.45) is 3.72. The van der Waals surface area contributed by atoms with E-state index in [9.17, 15) is 4.79 Å². The van der Waals surface area contributed by atoms with Gasteiger partial charge in [0.15, 0.2) is 22.7 Å². The smallest absolute Gasteiger partial charge is 0.281 e. The number of hydrogen-bond donors (Lipinski definition) is 0. The van der Waals surface area contributed by atoms with Crippen molar-refractivity contribution in [2.45, 2.75) is 46.2 Å². The van der Waals surface area contributed by atoms with Crippen molar-refractivity contribution >= 4 is 11.2 Å². The van der Waals surface area contributed by atoms with Gasteiger partial charge in [0.1, 0.15) is 11.6 Å². The third-order valence-corrected chi connectivity index (χ3v) is 6.13. The minimum Gasteiger partial charge on any atom is -0.454 e. The Morgan fingerprint density at radius 2 is 2.06 bits per heavy atom. The third-order valence-electron chi connectivity index (χ3n) is 6.13. The first-order valence-corrected chi connectivity index (χ1v) is 11.0. The SMILES string of the molecule is Cc1nc2ncc(Oc3ccc4c(c3)OCO4)nc2c(=O)n1C[C@H]1CCCN(C(C)C)C1. The minimum atomic E-state index is -0.183. The molecule has 2 aliphatic rings. The molecule has 0 bridgehead atoms. The van der Waals surface area contributed by atoms with Gasteiger partial charge in [0.25, 0.3) is 5.56 Å². The second-order valence-electron chi connectivity index (χ2n) is 8.67. The monoisotopic (exact) mass is 437 g/mol. The molecule has 1 saturated heterocycles. The molecule has 0 saturated carbocycles. The van der Waals surface area contributed by atoms with E-state index in [1.807, 2.05) is 6.92 Å². The number of piperidine rings is 1. The van der Waals surface area contributed by atoms with Gasteiger partial charge < -0.3 is 19.1 Å². The number of likely N-dealkylation sites (tertiary alicyclic amines) is 1. The van der Waals surface area contributed by atoms with Crippen molar-refractivity contribution in [1.82, 2.24) is 24.4 Å². The Balaban J connectivity index is 1.42. The van der Waals surface area contributed by atoms with Crippen molar-refractivity contribution in [2.75, 3.05) is 19.9 Å². The molecule has 5 rings (SSSR count). The van der Waals surface area contributed by atoms with Crippen molar-refractivity contribution in [2.24, 2.45) is 5.92 Å². The van der Waals surface area contributed by atoms with Gasteiger partial charge in [0.05, 0.1) is 6.20 Å². The highest BCUT2D eigenvalue weighted by atomic mass is 16.7. The van der Waals surface area contributed by atoms with Crippen LogP contribution >= 0.6 is 0 Å². The molecule has 0 aliphatic carbocycles. The molecule has 1 atom stereocenters. The fourth-order valence-electron chi connectivity index (χ4n) is 4.38. The second-order valence-corrected chi connectivity index (χ2v) is 8.67. The zero-order valence-corrected chi connectivity index (χ0v) is 18.6. The molecule has 3 aromatic rings. The third kappa shape index (κ3) is 4.00. The lowest BCUT2D eigenvalue weighted by molar-refractivity contribution is 0.129. The lowest BCUT2D eigenvalue weighted by Crippen LogP contribution is -2.42. The largest absolute Gasteiger partial charge is 0.454 e. The lowest BCUT2D eigenvalue weighted by Gasteiger charge is -2.35. The number of aromatic nitrogens is 4. The van der Waals surface area contributed by atoms with Crippen molar-refractivity contribution in [3.8, 4) is 23.1 Å². The van der Waals surface area contributed by atoms with Crippen LogP contribution in [-0.2, 0) is 6.54 Å². The number of nitrogens with zero attached hydrogens (tertiary/aromatic N) is 5. The predicted octanol–water partition coefficient (Wildman–Crippen LogP) is 3.14. The van der Waals surface area contributed by atoms with Crippen molar-refractivity contribution in [3.05, 3.63) is 40.6 Å². The van der Waals surface area contributed by atoms with E-state index in [0.29, 0.717) is 47.2 Å². The second kappa shape index (κ2) is 8.38. The van der Waals surface area contributed by atoms with E-state index in [1.54, 1.807) is 22.8 Å². The summed E-state index contributed by atoms with van der Waals surface area (Å²) in [6, 6.07) is 5.76. The van der Waals surface area contributed by atoms with Gasteiger partial charge in [-0.1, -0.05) is 0 Å². The average Bonchev–Trinajstić information content (AvgIpc) is 3.25. The standard InChI is InChI=1S/C23H27N5O4/c1-14(2)27-8-4-5-16(11-27)12-28-15(3)25-22-21(23(28)29)26-20(10-24-22)32-17-6-7-18-19(9-17)31-13-30-18/h6-7,9-10,14,16H,4-5,8,11-13H2,1-3H3/t16-/m0/s1. The topological polar surface area (TPSA) is 91.6 Å². The van der Waals surface area contributed by atoms with Crippen molar-refractivity contribution in [3.63, 3.8) is 0 Å². The number of benzene rings is 1. The van der Waals surface area contributed by atoms with E-state index in [0.717, 1.165) is 25.9 Å². The quantitative estimate of drug-likeness (QED) is 0.601. The Labute approximate surface area is 186 Å². The molecule has 1 aromatic carbocycles. The molecular weight excluding hydrogens is 410 g/mol. The number of fused-ring (bicyclic) bond motifs is 2. The Bertz CT molecular complexity index is 1210. The van der Waals surface area contributed by atoms with Gasteiger partial charge in [-0.25, -0.2) is 15.0 Å². The van der Waals surface area contributed by atoms with Crippen LogP contribution in [0.2, 0.25) is 0 Å². The van der Waals surface area contributed by atoms with E-state index >= 15 is 0 Å². The summed E-state index contributed by atoms with van der Waals surface area (Å²) in [6.45, 7) is 9.21. The molecule has 168 valence electrons. The first-order valence-electron chi connectivity index (χ1n) is 11.0. The first-order chi connectivity index (χ1) is 15.5. The molecule has 9 heteroatoms. The zero-order valence-electron chi connectivity index (χ0n) is 18.6. The summed E-state index contributed by atoms with van der Waals surface area (Å²) in [5, 5.41) is 0. The van der Waals surface area contributed by atoms with E-state index in [-0.39, 0.29) is 23.7 Å². The van der Waals surface area contributed by atoms with Crippen LogP contribution in [0, 0.1) is 12.8 Å². The lowest BCUT2D eigenvalue weighted by atomic mass is 9.97. The van der Waals surface area contributed by atoms with Gasteiger partial charge >= 0.3 is 0 Å². The van der Waals surface area contributed by atoms with E-state index in [4.69, 9.17) is 14.2 Å². The maximum Gasteiger partial charge on any atom is 0.281 e. The average molecular weight is 438 g/mol. The fraction of sp³-hybridized carbons (Fsp3) is 0.478. The van der Waals surface area contributed by atoms with Crippen molar-refractivity contribution in [1.29, 1.82) is 0 Å². The van der Waals surface area contributed by atoms with E-state index < -0.39 is 0 Å². The molecule has 1 fully saturated rings. The van der Waals surface area contributed by atoms with Crippen LogP contribution in [-0.4, -0.2) is 50.3 Å². The summed E-state index contributed by atoms with van der Waals surface area (Å²) in [5.41, 5.74) is 0.359. The number of ether oxygens (including phenoxy) is 3. The Morgan fingerprint density at radius 1 is 1.22 bits per heavy atom. The molecular formula is C23H27N5O4. The molecule has 0 amide bonds. The van der Waals surface area contributed by atoms with Gasteiger partial charge in [-0.3, -0.25) is 9.36 Å². The molecule has 4 heterocycles. The van der Waals surface area contributed by atoms with Gasteiger partial charge in [-0.2, -0.15) is 0 Å². The maximum atomic E-state index is 13.3. The summed E-state index contributed by atoms with van der Waals surface area (Å²) in [4.78, 5) is 29.1. The summed E-state index contributed by atoms with van der Waals surface area (Å²) in [5.74, 6) is 3.10. The Kier molecular flexibility index (Phi) is 5.42. The summed E-state index contributed by atoms with van der Waals surface area (Å²) >= 11 is 0. The van der Waals surface area contributed by atoms with Gasteiger partial charge in [-0.15, -0.1) is 0 Å². The van der Waals surface area contributed by atoms with Gasteiger partial charge in [0.2, 0.25) is 12.7 Å². The van der Waals surface area contributed by atoms with E-state index in [2.05, 4.69) is 33.7 Å². The number of hydrogen-bond acceptors (Lipinski definition) is 8. The Hall–Kier alpha value is -3.20. The highest BCUT2D eigenvalue weighted by Crippen LogP contribution is 2.36. The van der Waals surface area contributed by atoms with Crippen LogP contribution in [0.25, 0.3) is 11.2 Å². The molecule has 0 radical (unpaired) electrons. The van der Waals surface area contributed by atoms with Gasteiger partial charge in [-0.05, 0) is 58.2 Å². The Morgan fingerprint density at radius 3 is 2.91 bits per heavy atom. The van der Waals surface area contributed by atoms with Crippen LogP contribution in [0.15, 0.2) is 29.2 Å². The number of aryl methyl sites for hydroxylation is 1. The predicted molar refractivity (Wildman–Crippen MR) is 118 cm³/mol. The highest BCUT2D eigenvalue weighted by Gasteiger charge is 2.24. The van der Waals surface area contributed by atoms with Crippen LogP contribution < -0.4 is 19.8 Å². The molecule has 0 N–H and O–H groups in total. The van der Waals surface area contributed by atoms with E-state index in [1.165, 1.54) is 6.20 Å². The molecule has 0 unspecified atom stereocenters. The molecule has 2 aliphatic heterocycles. The van der Waals surface area contributed by atoms with Crippen LogP contribution in [0.5, 0.6) is 23.1 Å². The highest BCUT2D eigenvalue weighted by molar-refractivity contribution is 5.68. The van der Waals surface area contributed by atoms with Gasteiger partial charge in [0, 0.05) is 25.2 Å².